The van der Waals surface area contributed by atoms with E-state index in [-0.39, 0.29) is 42.6 Å². The predicted octanol–water partition coefficient (Wildman–Crippen LogP) is 3.42. The number of carbonyl (C=O) groups excluding carboxylic acids is 1. The number of benzene rings is 2. The Morgan fingerprint density at radius 2 is 1.64 bits per heavy atom. The van der Waals surface area contributed by atoms with Crippen LogP contribution >= 0.6 is 24.8 Å². The van der Waals surface area contributed by atoms with E-state index in [9.17, 15) is 9.18 Å². The largest absolute Gasteiger partial charge is 0.370 e. The highest BCUT2D eigenvalue weighted by atomic mass is 35.5. The fourth-order valence-corrected chi connectivity index (χ4v) is 3.90. The molecule has 152 valence electrons. The minimum absolute atomic E-state index is 0. The average molecular weight is 426 g/mol. The van der Waals surface area contributed by atoms with Crippen molar-refractivity contribution < 1.29 is 9.18 Å². The van der Waals surface area contributed by atoms with Crippen molar-refractivity contribution in [1.82, 2.24) is 10.2 Å². The molecule has 2 aliphatic rings. The molecule has 2 aromatic carbocycles. The van der Waals surface area contributed by atoms with Crippen LogP contribution in [-0.4, -0.2) is 43.0 Å². The zero-order chi connectivity index (χ0) is 17.9. The number of fused-ring (bicyclic) bond motifs is 1. The monoisotopic (exact) mass is 425 g/mol. The van der Waals surface area contributed by atoms with Gasteiger partial charge in [0.1, 0.15) is 5.82 Å². The van der Waals surface area contributed by atoms with Crippen LogP contribution in [-0.2, 0) is 17.8 Å². The van der Waals surface area contributed by atoms with Crippen molar-refractivity contribution >= 4 is 36.4 Å². The zero-order valence-electron chi connectivity index (χ0n) is 15.6. The van der Waals surface area contributed by atoms with Gasteiger partial charge in [0.2, 0.25) is 5.91 Å². The third-order valence-corrected chi connectivity index (χ3v) is 5.38. The highest BCUT2D eigenvalue weighted by Gasteiger charge is 2.29. The molecule has 0 spiro atoms. The van der Waals surface area contributed by atoms with Gasteiger partial charge in [-0.05, 0) is 48.2 Å². The quantitative estimate of drug-likeness (QED) is 0.800. The molecule has 2 aliphatic heterocycles. The Morgan fingerprint density at radius 1 is 0.929 bits per heavy atom. The lowest BCUT2D eigenvalue weighted by Crippen LogP contribution is -2.50. The lowest BCUT2D eigenvalue weighted by Gasteiger charge is -2.30. The summed E-state index contributed by atoms with van der Waals surface area (Å²) in [7, 11) is 0. The number of hydrogen-bond acceptors (Lipinski definition) is 3. The number of nitrogens with zero attached hydrogens (tertiary/aromatic N) is 2. The fraction of sp³-hybridized carbons (Fsp3) is 0.381. The molecule has 7 heteroatoms. The molecule has 0 aromatic heterocycles. The molecule has 28 heavy (non-hydrogen) atoms. The summed E-state index contributed by atoms with van der Waals surface area (Å²) in [5.41, 5.74) is 3.58. The average Bonchev–Trinajstić information content (AvgIpc) is 2.94. The van der Waals surface area contributed by atoms with Gasteiger partial charge in [-0.15, -0.1) is 24.8 Å². The van der Waals surface area contributed by atoms with Gasteiger partial charge in [-0.25, -0.2) is 4.39 Å². The summed E-state index contributed by atoms with van der Waals surface area (Å²) in [6, 6.07) is 14.8. The van der Waals surface area contributed by atoms with Crippen molar-refractivity contribution in [3.8, 4) is 0 Å². The predicted molar refractivity (Wildman–Crippen MR) is 115 cm³/mol. The van der Waals surface area contributed by atoms with Gasteiger partial charge in [0, 0.05) is 38.4 Å². The maximum Gasteiger partial charge on any atom is 0.240 e. The van der Waals surface area contributed by atoms with Crippen LogP contribution in [0, 0.1) is 5.82 Å². The van der Waals surface area contributed by atoms with Gasteiger partial charge in [-0.1, -0.05) is 24.3 Å². The van der Waals surface area contributed by atoms with E-state index in [1.165, 1.54) is 23.3 Å². The molecule has 0 saturated carbocycles. The summed E-state index contributed by atoms with van der Waals surface area (Å²) < 4.78 is 13.1. The van der Waals surface area contributed by atoms with Crippen molar-refractivity contribution in [3.05, 3.63) is 65.5 Å². The van der Waals surface area contributed by atoms with E-state index in [0.717, 1.165) is 44.7 Å². The third-order valence-electron chi connectivity index (χ3n) is 5.38. The Balaban J connectivity index is 0.00000140. The van der Waals surface area contributed by atoms with Gasteiger partial charge in [0.05, 0.1) is 6.04 Å². The number of amides is 1. The van der Waals surface area contributed by atoms with Crippen LogP contribution < -0.4 is 10.2 Å². The SMILES string of the molecule is Cl.Cl.O=C([C@H]1Cc2ccccc2CN1)N1CCCN(c2ccc(F)cc2)CC1. The van der Waals surface area contributed by atoms with Gasteiger partial charge >= 0.3 is 0 Å². The second-order valence-corrected chi connectivity index (χ2v) is 7.05. The molecule has 0 aliphatic carbocycles. The zero-order valence-corrected chi connectivity index (χ0v) is 17.3. The molecular formula is C21H26Cl2FN3O. The van der Waals surface area contributed by atoms with E-state index in [0.29, 0.717) is 6.54 Å². The van der Waals surface area contributed by atoms with Gasteiger partial charge < -0.3 is 15.1 Å². The van der Waals surface area contributed by atoms with Crippen LogP contribution in [0.5, 0.6) is 0 Å². The maximum absolute atomic E-state index is 13.1. The summed E-state index contributed by atoms with van der Waals surface area (Å²) >= 11 is 0. The molecule has 0 unspecified atom stereocenters. The van der Waals surface area contributed by atoms with E-state index in [4.69, 9.17) is 0 Å². The van der Waals surface area contributed by atoms with Crippen LogP contribution in [0.4, 0.5) is 10.1 Å². The third kappa shape index (κ3) is 4.96. The molecule has 1 atom stereocenters. The number of nitrogens with one attached hydrogen (secondary N) is 1. The normalized spacial score (nSPS) is 19.0. The first-order valence-corrected chi connectivity index (χ1v) is 9.30. The Hall–Kier alpha value is -1.82. The standard InChI is InChI=1S/C21H24FN3O.2ClH/c22-18-6-8-19(9-7-18)24-10-3-11-25(13-12-24)21(26)20-14-16-4-1-2-5-17(16)15-23-20;;/h1-2,4-9,20,23H,3,10-15H2;2*1H/t20-;;/m1../s1. The number of hydrogen-bond donors (Lipinski definition) is 1. The molecule has 4 rings (SSSR count). The Labute approximate surface area is 177 Å². The minimum Gasteiger partial charge on any atom is -0.370 e. The van der Waals surface area contributed by atoms with E-state index >= 15 is 0 Å². The number of rotatable bonds is 2. The van der Waals surface area contributed by atoms with Crippen molar-refractivity contribution in [2.45, 2.75) is 25.4 Å². The highest BCUT2D eigenvalue weighted by molar-refractivity contribution is 5.85. The fourth-order valence-electron chi connectivity index (χ4n) is 3.90. The first kappa shape index (κ1) is 22.5. The minimum atomic E-state index is -0.218. The Morgan fingerprint density at radius 3 is 2.39 bits per heavy atom. The van der Waals surface area contributed by atoms with E-state index in [1.54, 1.807) is 0 Å². The van der Waals surface area contributed by atoms with Gasteiger partial charge in [0.15, 0.2) is 0 Å². The van der Waals surface area contributed by atoms with Crippen LogP contribution in [0.2, 0.25) is 0 Å². The first-order valence-electron chi connectivity index (χ1n) is 9.30. The molecule has 4 nitrogen and oxygen atoms in total. The summed E-state index contributed by atoms with van der Waals surface area (Å²) in [6.07, 6.45) is 1.68. The molecule has 1 N–H and O–H groups in total. The van der Waals surface area contributed by atoms with Crippen LogP contribution in [0.3, 0.4) is 0 Å². The lowest BCUT2D eigenvalue weighted by atomic mass is 9.95. The second-order valence-electron chi connectivity index (χ2n) is 7.05. The van der Waals surface area contributed by atoms with E-state index in [2.05, 4.69) is 22.3 Å². The topological polar surface area (TPSA) is 35.6 Å². The van der Waals surface area contributed by atoms with Crippen LogP contribution in [0.15, 0.2) is 48.5 Å². The molecular weight excluding hydrogens is 400 g/mol. The molecule has 0 bridgehead atoms. The number of carbonyl (C=O) groups is 1. The number of anilines is 1. The highest BCUT2D eigenvalue weighted by Crippen LogP contribution is 2.20. The Bertz CT molecular complexity index is 787. The summed E-state index contributed by atoms with van der Waals surface area (Å²) in [6.45, 7) is 3.89. The van der Waals surface area contributed by atoms with Crippen LogP contribution in [0.1, 0.15) is 17.5 Å². The van der Waals surface area contributed by atoms with Gasteiger partial charge in [-0.3, -0.25) is 4.79 Å². The first-order chi connectivity index (χ1) is 12.7. The van der Waals surface area contributed by atoms with Crippen molar-refractivity contribution in [1.29, 1.82) is 0 Å². The smallest absolute Gasteiger partial charge is 0.240 e. The van der Waals surface area contributed by atoms with E-state index in [1.807, 2.05) is 29.2 Å². The van der Waals surface area contributed by atoms with Crippen molar-refractivity contribution in [2.24, 2.45) is 0 Å². The molecule has 2 heterocycles. The van der Waals surface area contributed by atoms with Crippen molar-refractivity contribution in [3.63, 3.8) is 0 Å². The Kier molecular flexibility index (Phi) is 8.10. The van der Waals surface area contributed by atoms with Crippen LogP contribution in [0.25, 0.3) is 0 Å². The summed E-state index contributed by atoms with van der Waals surface area (Å²) in [5.74, 6) is -0.0236. The van der Waals surface area contributed by atoms with Crippen molar-refractivity contribution in [2.75, 3.05) is 31.1 Å². The molecule has 1 amide bonds. The maximum atomic E-state index is 13.1. The molecule has 2 aromatic rings. The van der Waals surface area contributed by atoms with Gasteiger partial charge in [-0.2, -0.15) is 0 Å². The summed E-state index contributed by atoms with van der Waals surface area (Å²) in [5, 5.41) is 3.40. The van der Waals surface area contributed by atoms with Gasteiger partial charge in [0.25, 0.3) is 0 Å². The number of halogens is 3. The second kappa shape index (κ2) is 10.1. The van der Waals surface area contributed by atoms with E-state index < -0.39 is 0 Å². The molecule has 0 radical (unpaired) electrons. The molecule has 1 saturated heterocycles. The lowest BCUT2D eigenvalue weighted by molar-refractivity contribution is -0.133. The molecule has 1 fully saturated rings. The summed E-state index contributed by atoms with van der Waals surface area (Å²) in [4.78, 5) is 17.2.